The minimum atomic E-state index is -0.198. The fraction of sp³-hybridized carbons (Fsp3) is 0.360. The summed E-state index contributed by atoms with van der Waals surface area (Å²) < 4.78 is 18.6. The molecule has 3 aromatic rings. The highest BCUT2D eigenvalue weighted by atomic mass is 32.1. The zero-order valence-corrected chi connectivity index (χ0v) is 20.4. The average molecular weight is 468 g/mol. The number of nitrogens with one attached hydrogen (secondary N) is 1. The molecule has 1 aliphatic heterocycles. The normalized spacial score (nSPS) is 12.9. The maximum atomic E-state index is 13.1. The van der Waals surface area contributed by atoms with Gasteiger partial charge in [-0.1, -0.05) is 32.9 Å². The molecule has 7 nitrogen and oxygen atoms in total. The standard InChI is InChI=1S/C25H29N3O4S/c1-25(2,3)15-26-24(29)22-19-13-32-21-12-20(31-5)16(7-6-9-30-4)11-18(21)23(19)28(27-22)17-8-10-33-14-17/h6-8,10-12,14H,9,13,15H2,1-5H3,(H,26,29)/b7-6+. The predicted molar refractivity (Wildman–Crippen MR) is 130 cm³/mol. The largest absolute Gasteiger partial charge is 0.496 e. The molecule has 0 unspecified atom stereocenters. The molecule has 0 bridgehead atoms. The van der Waals surface area contributed by atoms with E-state index in [2.05, 4.69) is 26.1 Å². The molecule has 8 heteroatoms. The molecule has 0 aliphatic carbocycles. The van der Waals surface area contributed by atoms with Crippen molar-refractivity contribution in [2.75, 3.05) is 27.4 Å². The van der Waals surface area contributed by atoms with Gasteiger partial charge in [-0.25, -0.2) is 4.68 Å². The van der Waals surface area contributed by atoms with E-state index in [1.807, 2.05) is 45.8 Å². The minimum absolute atomic E-state index is 0.0330. The van der Waals surface area contributed by atoms with Crippen molar-refractivity contribution in [3.63, 3.8) is 0 Å². The molecule has 2 aromatic heterocycles. The van der Waals surface area contributed by atoms with Crippen LogP contribution in [0.15, 0.2) is 35.0 Å². The van der Waals surface area contributed by atoms with E-state index in [1.165, 1.54) is 0 Å². The zero-order chi connectivity index (χ0) is 23.6. The van der Waals surface area contributed by atoms with E-state index in [-0.39, 0.29) is 17.9 Å². The average Bonchev–Trinajstić information content (AvgIpc) is 3.44. The number of nitrogens with zero attached hydrogens (tertiary/aromatic N) is 2. The lowest BCUT2D eigenvalue weighted by molar-refractivity contribution is 0.0931. The summed E-state index contributed by atoms with van der Waals surface area (Å²) >= 11 is 1.58. The molecular weight excluding hydrogens is 438 g/mol. The maximum Gasteiger partial charge on any atom is 0.272 e. The number of rotatable bonds is 7. The number of benzene rings is 1. The summed E-state index contributed by atoms with van der Waals surface area (Å²) in [5.74, 6) is 1.20. The van der Waals surface area contributed by atoms with Crippen molar-refractivity contribution in [1.29, 1.82) is 0 Å². The van der Waals surface area contributed by atoms with Crippen molar-refractivity contribution in [3.8, 4) is 28.4 Å². The van der Waals surface area contributed by atoms with E-state index >= 15 is 0 Å². The van der Waals surface area contributed by atoms with Crippen molar-refractivity contribution < 1.29 is 19.0 Å². The van der Waals surface area contributed by atoms with Crippen LogP contribution in [0.25, 0.3) is 23.0 Å². The Kier molecular flexibility index (Phi) is 6.58. The van der Waals surface area contributed by atoms with Crippen LogP contribution < -0.4 is 14.8 Å². The highest BCUT2D eigenvalue weighted by Crippen LogP contribution is 2.43. The first-order chi connectivity index (χ1) is 15.8. The van der Waals surface area contributed by atoms with Gasteiger partial charge >= 0.3 is 0 Å². The number of carbonyl (C=O) groups excluding carboxylic acids is 1. The molecule has 33 heavy (non-hydrogen) atoms. The molecular formula is C25H29N3O4S. The topological polar surface area (TPSA) is 74.6 Å². The molecule has 0 saturated heterocycles. The van der Waals surface area contributed by atoms with Crippen LogP contribution in [0.1, 0.15) is 42.4 Å². The van der Waals surface area contributed by atoms with Gasteiger partial charge in [-0.2, -0.15) is 16.4 Å². The van der Waals surface area contributed by atoms with Gasteiger partial charge < -0.3 is 19.5 Å². The quantitative estimate of drug-likeness (QED) is 0.533. The molecule has 1 N–H and O–H groups in total. The summed E-state index contributed by atoms with van der Waals surface area (Å²) in [4.78, 5) is 13.1. The number of carbonyl (C=O) groups is 1. The first-order valence-corrected chi connectivity index (χ1v) is 11.7. The second-order valence-electron chi connectivity index (χ2n) is 9.05. The Balaban J connectivity index is 1.85. The number of hydrogen-bond acceptors (Lipinski definition) is 6. The van der Waals surface area contributed by atoms with Gasteiger partial charge in [0.05, 0.1) is 25.1 Å². The molecule has 1 amide bonds. The summed E-state index contributed by atoms with van der Waals surface area (Å²) in [7, 11) is 3.29. The van der Waals surface area contributed by atoms with E-state index in [0.717, 1.165) is 28.1 Å². The Bertz CT molecular complexity index is 1170. The van der Waals surface area contributed by atoms with E-state index < -0.39 is 0 Å². The first kappa shape index (κ1) is 23.1. The Morgan fingerprint density at radius 1 is 1.33 bits per heavy atom. The Hall–Kier alpha value is -3.10. The molecule has 0 atom stereocenters. The van der Waals surface area contributed by atoms with Gasteiger partial charge in [0.2, 0.25) is 0 Å². The molecule has 0 radical (unpaired) electrons. The fourth-order valence-electron chi connectivity index (χ4n) is 3.65. The summed E-state index contributed by atoms with van der Waals surface area (Å²) in [5.41, 5.74) is 4.65. The predicted octanol–water partition coefficient (Wildman–Crippen LogP) is 4.94. The highest BCUT2D eigenvalue weighted by Gasteiger charge is 2.31. The van der Waals surface area contributed by atoms with Crippen LogP contribution in [0, 0.1) is 5.41 Å². The van der Waals surface area contributed by atoms with Crippen LogP contribution in [-0.4, -0.2) is 43.1 Å². The highest BCUT2D eigenvalue weighted by molar-refractivity contribution is 7.08. The third-order valence-corrected chi connectivity index (χ3v) is 5.92. The molecule has 1 aromatic carbocycles. The van der Waals surface area contributed by atoms with Crippen LogP contribution in [-0.2, 0) is 11.3 Å². The monoisotopic (exact) mass is 467 g/mol. The molecule has 1 aliphatic rings. The third-order valence-electron chi connectivity index (χ3n) is 5.25. The second kappa shape index (κ2) is 9.41. The lowest BCUT2D eigenvalue weighted by atomic mass is 9.96. The van der Waals surface area contributed by atoms with Crippen molar-refractivity contribution >= 4 is 23.3 Å². The van der Waals surface area contributed by atoms with Crippen molar-refractivity contribution in [2.24, 2.45) is 5.41 Å². The van der Waals surface area contributed by atoms with Gasteiger partial charge in [-0.3, -0.25) is 4.79 Å². The van der Waals surface area contributed by atoms with Crippen molar-refractivity contribution in [1.82, 2.24) is 15.1 Å². The number of methoxy groups -OCH3 is 2. The lowest BCUT2D eigenvalue weighted by Gasteiger charge is -2.22. The number of amides is 1. The smallest absolute Gasteiger partial charge is 0.272 e. The molecule has 0 saturated carbocycles. The first-order valence-electron chi connectivity index (χ1n) is 10.8. The van der Waals surface area contributed by atoms with Gasteiger partial charge in [-0.15, -0.1) is 0 Å². The third kappa shape index (κ3) is 4.82. The minimum Gasteiger partial charge on any atom is -0.496 e. The summed E-state index contributed by atoms with van der Waals surface area (Å²) in [5, 5.41) is 11.8. The van der Waals surface area contributed by atoms with E-state index in [0.29, 0.717) is 30.3 Å². The lowest BCUT2D eigenvalue weighted by Crippen LogP contribution is -2.33. The van der Waals surface area contributed by atoms with Gasteiger partial charge in [-0.05, 0) is 22.9 Å². The summed E-state index contributed by atoms with van der Waals surface area (Å²) in [6.07, 6.45) is 3.88. The van der Waals surface area contributed by atoms with Gasteiger partial charge in [0.1, 0.15) is 18.1 Å². The Labute approximate surface area is 198 Å². The van der Waals surface area contributed by atoms with Crippen molar-refractivity contribution in [3.05, 3.63) is 51.9 Å². The molecule has 0 spiro atoms. The molecule has 3 heterocycles. The van der Waals surface area contributed by atoms with Gasteiger partial charge in [0.25, 0.3) is 5.91 Å². The SMILES string of the molecule is COC/C=C/c1cc2c(cc1OC)OCc1c(C(=O)NCC(C)(C)C)nn(-c3ccsc3)c1-2. The van der Waals surface area contributed by atoms with Crippen LogP contribution in [0.2, 0.25) is 0 Å². The number of hydrogen-bond donors (Lipinski definition) is 1. The van der Waals surface area contributed by atoms with Crippen LogP contribution in [0.3, 0.4) is 0 Å². The molecule has 174 valence electrons. The van der Waals surface area contributed by atoms with Crippen LogP contribution in [0.5, 0.6) is 11.5 Å². The fourth-order valence-corrected chi connectivity index (χ4v) is 4.27. The number of fused-ring (bicyclic) bond motifs is 3. The van der Waals surface area contributed by atoms with E-state index in [4.69, 9.17) is 19.3 Å². The molecule has 0 fully saturated rings. The zero-order valence-electron chi connectivity index (χ0n) is 19.6. The number of ether oxygens (including phenoxy) is 3. The van der Waals surface area contributed by atoms with E-state index in [1.54, 1.807) is 25.6 Å². The summed E-state index contributed by atoms with van der Waals surface area (Å²) in [6.45, 7) is 7.54. The Morgan fingerprint density at radius 3 is 2.82 bits per heavy atom. The maximum absolute atomic E-state index is 13.1. The second-order valence-corrected chi connectivity index (χ2v) is 9.83. The molecule has 4 rings (SSSR count). The van der Waals surface area contributed by atoms with Crippen LogP contribution >= 0.6 is 11.3 Å². The van der Waals surface area contributed by atoms with Crippen LogP contribution in [0.4, 0.5) is 0 Å². The number of aromatic nitrogens is 2. The van der Waals surface area contributed by atoms with E-state index in [9.17, 15) is 4.79 Å². The van der Waals surface area contributed by atoms with Crippen molar-refractivity contribution in [2.45, 2.75) is 27.4 Å². The number of thiophene rings is 1. The van der Waals surface area contributed by atoms with Gasteiger partial charge in [0, 0.05) is 41.8 Å². The Morgan fingerprint density at radius 2 is 2.15 bits per heavy atom. The van der Waals surface area contributed by atoms with Gasteiger partial charge in [0.15, 0.2) is 5.69 Å². The summed E-state index contributed by atoms with van der Waals surface area (Å²) in [6, 6.07) is 5.89.